The van der Waals surface area contributed by atoms with E-state index in [0.29, 0.717) is 0 Å². The topological polar surface area (TPSA) is 41.6 Å². The first-order valence-electron chi connectivity index (χ1n) is 6.97. The summed E-state index contributed by atoms with van der Waals surface area (Å²) < 4.78 is 5.37. The van der Waals surface area contributed by atoms with Gasteiger partial charge in [0.1, 0.15) is 5.60 Å². The summed E-state index contributed by atoms with van der Waals surface area (Å²) in [6, 6.07) is 0. The average molecular weight is 264 g/mol. The van der Waals surface area contributed by atoms with Crippen molar-refractivity contribution in [2.75, 3.05) is 19.6 Å². The summed E-state index contributed by atoms with van der Waals surface area (Å²) in [5.41, 5.74) is 0.443. The van der Waals surface area contributed by atoms with Crippen molar-refractivity contribution in [1.82, 2.24) is 10.2 Å². The second-order valence-electron chi connectivity index (χ2n) is 6.36. The lowest BCUT2D eigenvalue weighted by atomic mass is 9.97. The van der Waals surface area contributed by atoms with Crippen LogP contribution in [0.2, 0.25) is 0 Å². The summed E-state index contributed by atoms with van der Waals surface area (Å²) in [7, 11) is 0. The Morgan fingerprint density at radius 2 is 2.26 bits per heavy atom. The van der Waals surface area contributed by atoms with Crippen LogP contribution in [-0.2, 0) is 4.74 Å². The zero-order valence-electron chi connectivity index (χ0n) is 12.3. The third-order valence-corrected chi connectivity index (χ3v) is 3.38. The standard InChI is InChI=1S/C15H24N2O2/c1-5-9-17-10-12-7-6-8-15(12,11-17)16-13(18)19-14(2,3)4/h6-8H,5,9-11H2,1-4H3,(H,16,18)/t15-/m1/s1. The fourth-order valence-electron chi connectivity index (χ4n) is 2.70. The van der Waals surface area contributed by atoms with E-state index < -0.39 is 5.60 Å². The Kier molecular flexibility index (Phi) is 3.72. The maximum absolute atomic E-state index is 12.0. The molecule has 0 saturated carbocycles. The molecule has 0 radical (unpaired) electrons. The number of fused-ring (bicyclic) bond motifs is 1. The predicted octanol–water partition coefficient (Wildman–Crippen LogP) is 2.47. The van der Waals surface area contributed by atoms with E-state index in [1.807, 2.05) is 26.8 Å². The molecule has 1 amide bonds. The first kappa shape index (κ1) is 14.1. The fourth-order valence-corrected chi connectivity index (χ4v) is 2.70. The van der Waals surface area contributed by atoms with Gasteiger partial charge in [-0.15, -0.1) is 0 Å². The van der Waals surface area contributed by atoms with Crippen LogP contribution in [0.4, 0.5) is 4.79 Å². The minimum absolute atomic E-state index is 0.344. The second kappa shape index (κ2) is 5.00. The fraction of sp³-hybridized carbons (Fsp3) is 0.667. The Morgan fingerprint density at radius 3 is 2.89 bits per heavy atom. The monoisotopic (exact) mass is 264 g/mol. The van der Waals surface area contributed by atoms with E-state index >= 15 is 0 Å². The van der Waals surface area contributed by atoms with Crippen LogP contribution in [-0.4, -0.2) is 41.8 Å². The zero-order chi connectivity index (χ0) is 14.1. The molecule has 0 bridgehead atoms. The Balaban J connectivity index is 2.03. The lowest BCUT2D eigenvalue weighted by Gasteiger charge is -2.29. The Labute approximate surface area is 115 Å². The van der Waals surface area contributed by atoms with Gasteiger partial charge in [-0.25, -0.2) is 4.79 Å². The number of likely N-dealkylation sites (tertiary alicyclic amines) is 1. The molecule has 106 valence electrons. The first-order chi connectivity index (χ1) is 8.85. The van der Waals surface area contributed by atoms with Crippen molar-refractivity contribution in [3.63, 3.8) is 0 Å². The molecule has 0 aromatic heterocycles. The largest absolute Gasteiger partial charge is 0.444 e. The third-order valence-electron chi connectivity index (χ3n) is 3.38. The predicted molar refractivity (Wildman–Crippen MR) is 76.1 cm³/mol. The minimum atomic E-state index is -0.464. The molecular weight excluding hydrogens is 240 g/mol. The molecule has 2 rings (SSSR count). The summed E-state index contributed by atoms with van der Waals surface area (Å²) in [5.74, 6) is 0. The van der Waals surface area contributed by atoms with Gasteiger partial charge in [-0.2, -0.15) is 0 Å². The number of allylic oxidation sites excluding steroid dienone is 2. The Bertz CT molecular complexity index is 420. The smallest absolute Gasteiger partial charge is 0.408 e. The van der Waals surface area contributed by atoms with Crippen LogP contribution in [0.25, 0.3) is 0 Å². The zero-order valence-corrected chi connectivity index (χ0v) is 12.3. The average Bonchev–Trinajstić information content (AvgIpc) is 2.70. The van der Waals surface area contributed by atoms with Gasteiger partial charge in [0.05, 0.1) is 5.54 Å². The number of amides is 1. The van der Waals surface area contributed by atoms with Crippen molar-refractivity contribution in [2.45, 2.75) is 45.3 Å². The van der Waals surface area contributed by atoms with Crippen molar-refractivity contribution < 1.29 is 9.53 Å². The van der Waals surface area contributed by atoms with Crippen LogP contribution in [0, 0.1) is 0 Å². The van der Waals surface area contributed by atoms with Gasteiger partial charge in [-0.05, 0) is 39.3 Å². The quantitative estimate of drug-likeness (QED) is 0.851. The summed E-state index contributed by atoms with van der Waals surface area (Å²) in [6.45, 7) is 10.6. The van der Waals surface area contributed by atoms with Gasteiger partial charge in [-0.1, -0.05) is 25.2 Å². The molecule has 1 aliphatic heterocycles. The molecule has 0 spiro atoms. The number of hydrogen-bond acceptors (Lipinski definition) is 3. The van der Waals surface area contributed by atoms with E-state index in [9.17, 15) is 4.79 Å². The van der Waals surface area contributed by atoms with E-state index in [1.165, 1.54) is 5.57 Å². The number of carbonyl (C=O) groups is 1. The maximum Gasteiger partial charge on any atom is 0.408 e. The molecule has 4 heteroatoms. The summed E-state index contributed by atoms with van der Waals surface area (Å²) in [4.78, 5) is 14.4. The number of carbonyl (C=O) groups excluding carboxylic acids is 1. The van der Waals surface area contributed by atoms with Crippen LogP contribution >= 0.6 is 0 Å². The first-order valence-corrected chi connectivity index (χ1v) is 6.97. The third kappa shape index (κ3) is 3.18. The normalized spacial score (nSPS) is 26.2. The number of nitrogens with one attached hydrogen (secondary N) is 1. The summed E-state index contributed by atoms with van der Waals surface area (Å²) in [6.07, 6.45) is 6.98. The van der Waals surface area contributed by atoms with E-state index in [2.05, 4.69) is 29.3 Å². The van der Waals surface area contributed by atoms with Gasteiger partial charge in [0.2, 0.25) is 0 Å². The van der Waals surface area contributed by atoms with Crippen LogP contribution in [0.5, 0.6) is 0 Å². The van der Waals surface area contributed by atoms with Gasteiger partial charge < -0.3 is 10.1 Å². The van der Waals surface area contributed by atoms with Gasteiger partial charge in [0, 0.05) is 13.1 Å². The number of hydrogen-bond donors (Lipinski definition) is 1. The van der Waals surface area contributed by atoms with Crippen molar-refractivity contribution in [3.8, 4) is 0 Å². The van der Waals surface area contributed by atoms with Crippen LogP contribution in [0.1, 0.15) is 34.1 Å². The van der Waals surface area contributed by atoms with Gasteiger partial charge in [-0.3, -0.25) is 4.90 Å². The van der Waals surface area contributed by atoms with E-state index in [-0.39, 0.29) is 11.6 Å². The molecule has 0 aromatic rings. The number of alkyl carbamates (subject to hydrolysis) is 1. The highest BCUT2D eigenvalue weighted by Gasteiger charge is 2.43. The van der Waals surface area contributed by atoms with Crippen molar-refractivity contribution in [3.05, 3.63) is 23.8 Å². The lowest BCUT2D eigenvalue weighted by molar-refractivity contribution is 0.0491. The van der Waals surface area contributed by atoms with E-state index in [1.54, 1.807) is 0 Å². The summed E-state index contributed by atoms with van der Waals surface area (Å²) in [5, 5.41) is 3.04. The van der Waals surface area contributed by atoms with Crippen molar-refractivity contribution in [2.24, 2.45) is 0 Å². The highest BCUT2D eigenvalue weighted by Crippen LogP contribution is 2.33. The minimum Gasteiger partial charge on any atom is -0.444 e. The van der Waals surface area contributed by atoms with E-state index in [0.717, 1.165) is 26.1 Å². The molecule has 4 nitrogen and oxygen atoms in total. The SMILES string of the molecule is CCCN1CC2=CC=C[C@@]2(NC(=O)OC(C)(C)C)C1. The number of nitrogens with zero attached hydrogens (tertiary/aromatic N) is 1. The molecule has 0 aromatic carbocycles. The molecule has 1 N–H and O–H groups in total. The number of rotatable bonds is 3. The molecule has 0 unspecified atom stereocenters. The highest BCUT2D eigenvalue weighted by molar-refractivity contribution is 5.71. The molecule has 1 atom stereocenters. The van der Waals surface area contributed by atoms with Crippen LogP contribution in [0.15, 0.2) is 23.8 Å². The molecule has 1 heterocycles. The lowest BCUT2D eigenvalue weighted by Crippen LogP contribution is -2.50. The van der Waals surface area contributed by atoms with Crippen LogP contribution < -0.4 is 5.32 Å². The summed E-state index contributed by atoms with van der Waals surface area (Å²) >= 11 is 0. The second-order valence-corrected chi connectivity index (χ2v) is 6.36. The van der Waals surface area contributed by atoms with Crippen LogP contribution in [0.3, 0.4) is 0 Å². The van der Waals surface area contributed by atoms with Gasteiger partial charge in [0.25, 0.3) is 0 Å². The van der Waals surface area contributed by atoms with E-state index in [4.69, 9.17) is 4.74 Å². The molecule has 1 aliphatic carbocycles. The molecule has 19 heavy (non-hydrogen) atoms. The number of ether oxygens (including phenoxy) is 1. The highest BCUT2D eigenvalue weighted by atomic mass is 16.6. The molecule has 2 aliphatic rings. The van der Waals surface area contributed by atoms with Crippen molar-refractivity contribution in [1.29, 1.82) is 0 Å². The van der Waals surface area contributed by atoms with Gasteiger partial charge >= 0.3 is 6.09 Å². The molecule has 1 saturated heterocycles. The van der Waals surface area contributed by atoms with Crippen molar-refractivity contribution >= 4 is 6.09 Å². The maximum atomic E-state index is 12.0. The van der Waals surface area contributed by atoms with Gasteiger partial charge in [0.15, 0.2) is 0 Å². The Morgan fingerprint density at radius 1 is 1.53 bits per heavy atom. The molecule has 1 fully saturated rings. The molecular formula is C15H24N2O2. The Hall–Kier alpha value is -1.29.